The summed E-state index contributed by atoms with van der Waals surface area (Å²) >= 11 is 0. The minimum Gasteiger partial charge on any atom is -0.480 e. The van der Waals surface area contributed by atoms with Gasteiger partial charge in [-0.3, -0.25) is 19.2 Å². The van der Waals surface area contributed by atoms with E-state index in [0.29, 0.717) is 25.1 Å². The number of unbranched alkanes of at least 4 members (excludes halogenated alkanes) is 1. The smallest absolute Gasteiger partial charge is 0.325 e. The third-order valence-corrected chi connectivity index (χ3v) is 4.33. The number of aliphatic carboxylic acids is 1. The molecule has 9 N–H and O–H groups in total. The molecule has 0 fully saturated rings. The van der Waals surface area contributed by atoms with Crippen LogP contribution < -0.4 is 27.4 Å². The molecule has 0 bridgehead atoms. The fourth-order valence-corrected chi connectivity index (χ4v) is 2.54. The van der Waals surface area contributed by atoms with Crippen LogP contribution in [0.1, 0.15) is 38.8 Å². The number of amides is 3. The monoisotopic (exact) mass is 425 g/mol. The van der Waals surface area contributed by atoms with Crippen LogP contribution in [0.2, 0.25) is 0 Å². The number of imidazole rings is 1. The summed E-state index contributed by atoms with van der Waals surface area (Å²) in [5, 5.41) is 16.5. The maximum Gasteiger partial charge on any atom is 0.325 e. The molecule has 4 atom stereocenters. The topological polar surface area (TPSA) is 205 Å². The number of hydrogen-bond donors (Lipinski definition) is 7. The van der Waals surface area contributed by atoms with Crippen LogP contribution in [0.25, 0.3) is 0 Å². The van der Waals surface area contributed by atoms with Gasteiger partial charge in [-0.05, 0) is 39.7 Å². The van der Waals surface area contributed by atoms with Crippen LogP contribution in [0.3, 0.4) is 0 Å². The van der Waals surface area contributed by atoms with Gasteiger partial charge in [0, 0.05) is 18.3 Å². The summed E-state index contributed by atoms with van der Waals surface area (Å²) in [5.74, 6) is -2.96. The van der Waals surface area contributed by atoms with Crippen LogP contribution in [0.4, 0.5) is 0 Å². The van der Waals surface area contributed by atoms with Crippen molar-refractivity contribution < 1.29 is 24.3 Å². The van der Waals surface area contributed by atoms with Crippen molar-refractivity contribution in [3.63, 3.8) is 0 Å². The Kier molecular flexibility index (Phi) is 10.5. The molecule has 0 aromatic carbocycles. The van der Waals surface area contributed by atoms with Gasteiger partial charge in [0.15, 0.2) is 0 Å². The second-order valence-corrected chi connectivity index (χ2v) is 7.04. The average Bonchev–Trinajstić information content (AvgIpc) is 3.19. The zero-order valence-electron chi connectivity index (χ0n) is 17.2. The van der Waals surface area contributed by atoms with Crippen LogP contribution in [-0.2, 0) is 25.6 Å². The van der Waals surface area contributed by atoms with Crippen LogP contribution in [0.15, 0.2) is 12.5 Å². The van der Waals surface area contributed by atoms with Gasteiger partial charge >= 0.3 is 5.97 Å². The lowest BCUT2D eigenvalue weighted by atomic mass is 10.1. The molecular weight excluding hydrogens is 394 g/mol. The molecular formula is C18H31N7O5. The second kappa shape index (κ2) is 12.5. The van der Waals surface area contributed by atoms with Crippen molar-refractivity contribution in [2.45, 2.75) is 63.7 Å². The summed E-state index contributed by atoms with van der Waals surface area (Å²) in [7, 11) is 0. The van der Waals surface area contributed by atoms with Gasteiger partial charge in [0.2, 0.25) is 17.7 Å². The first kappa shape index (κ1) is 25.0. The van der Waals surface area contributed by atoms with E-state index in [2.05, 4.69) is 25.9 Å². The Morgan fingerprint density at radius 1 is 1.07 bits per heavy atom. The molecule has 1 aromatic heterocycles. The zero-order valence-corrected chi connectivity index (χ0v) is 17.2. The summed E-state index contributed by atoms with van der Waals surface area (Å²) in [5.41, 5.74) is 11.7. The van der Waals surface area contributed by atoms with Crippen LogP contribution in [0.5, 0.6) is 0 Å². The first-order chi connectivity index (χ1) is 14.1. The van der Waals surface area contributed by atoms with E-state index in [1.54, 1.807) is 0 Å². The number of H-pyrrole nitrogens is 1. The molecule has 0 aliphatic rings. The third-order valence-electron chi connectivity index (χ3n) is 4.33. The maximum atomic E-state index is 12.9. The Morgan fingerprint density at radius 3 is 2.23 bits per heavy atom. The molecule has 1 aromatic rings. The summed E-state index contributed by atoms with van der Waals surface area (Å²) in [6, 6.07) is -3.94. The number of carbonyl (C=O) groups excluding carboxylic acids is 3. The van der Waals surface area contributed by atoms with Gasteiger partial charge in [0.05, 0.1) is 12.4 Å². The Labute approximate surface area is 174 Å². The number of nitrogens with two attached hydrogens (primary N) is 2. The normalized spacial score (nSPS) is 14.8. The van der Waals surface area contributed by atoms with Crippen LogP contribution in [-0.4, -0.2) is 69.5 Å². The fourth-order valence-electron chi connectivity index (χ4n) is 2.54. The molecule has 1 heterocycles. The number of aromatic nitrogens is 2. The average molecular weight is 425 g/mol. The van der Waals surface area contributed by atoms with Gasteiger partial charge in [-0.15, -0.1) is 0 Å². The third kappa shape index (κ3) is 8.57. The van der Waals surface area contributed by atoms with E-state index in [-0.39, 0.29) is 12.8 Å². The zero-order chi connectivity index (χ0) is 22.7. The Hall–Kier alpha value is -2.99. The summed E-state index contributed by atoms with van der Waals surface area (Å²) in [4.78, 5) is 55.2. The lowest BCUT2D eigenvalue weighted by molar-refractivity contribution is -0.141. The second-order valence-electron chi connectivity index (χ2n) is 7.04. The molecule has 0 aliphatic heterocycles. The molecule has 12 heteroatoms. The lowest BCUT2D eigenvalue weighted by Crippen LogP contribution is -2.57. The molecule has 3 amide bonds. The number of aromatic amines is 1. The van der Waals surface area contributed by atoms with E-state index in [0.717, 1.165) is 0 Å². The maximum absolute atomic E-state index is 12.9. The van der Waals surface area contributed by atoms with Crippen molar-refractivity contribution in [1.29, 1.82) is 0 Å². The van der Waals surface area contributed by atoms with Crippen molar-refractivity contribution >= 4 is 23.7 Å². The van der Waals surface area contributed by atoms with Gasteiger partial charge in [0.25, 0.3) is 0 Å². The molecule has 0 radical (unpaired) electrons. The van der Waals surface area contributed by atoms with E-state index in [9.17, 15) is 19.2 Å². The van der Waals surface area contributed by atoms with Gasteiger partial charge in [0.1, 0.15) is 18.1 Å². The highest BCUT2D eigenvalue weighted by atomic mass is 16.4. The molecule has 168 valence electrons. The molecule has 0 aliphatic carbocycles. The van der Waals surface area contributed by atoms with E-state index >= 15 is 0 Å². The van der Waals surface area contributed by atoms with Gasteiger partial charge in [-0.2, -0.15) is 0 Å². The van der Waals surface area contributed by atoms with Crippen molar-refractivity contribution in [3.05, 3.63) is 18.2 Å². The predicted molar refractivity (Wildman–Crippen MR) is 108 cm³/mol. The number of nitrogens with one attached hydrogen (secondary N) is 4. The first-order valence-electron chi connectivity index (χ1n) is 9.72. The minimum absolute atomic E-state index is 0.104. The molecule has 0 saturated carbocycles. The predicted octanol–water partition coefficient (Wildman–Crippen LogP) is -2.01. The SMILES string of the molecule is CC(N)C(=O)NC(Cc1cnc[nH]1)C(=O)NC(CCCCN)C(=O)NC(C)C(=O)O. The van der Waals surface area contributed by atoms with Crippen molar-refractivity contribution in [1.82, 2.24) is 25.9 Å². The number of nitrogens with zero attached hydrogens (tertiary/aromatic N) is 1. The van der Waals surface area contributed by atoms with Crippen molar-refractivity contribution in [2.24, 2.45) is 11.5 Å². The first-order valence-corrected chi connectivity index (χ1v) is 9.72. The summed E-state index contributed by atoms with van der Waals surface area (Å²) in [6.07, 6.45) is 4.50. The number of rotatable bonds is 13. The number of hydrogen-bond acceptors (Lipinski definition) is 7. The van der Waals surface area contributed by atoms with Gasteiger partial charge < -0.3 is 37.5 Å². The number of carbonyl (C=O) groups is 4. The van der Waals surface area contributed by atoms with E-state index < -0.39 is 47.9 Å². The standard InChI is InChI=1S/C18H31N7O5/c1-10(20)15(26)25-14(7-12-8-21-9-22-12)17(28)24-13(5-3-4-6-19)16(27)23-11(2)18(29)30/h8-11,13-14H,3-7,19-20H2,1-2H3,(H,21,22)(H,23,27)(H,24,28)(H,25,26)(H,29,30). The lowest BCUT2D eigenvalue weighted by Gasteiger charge is -2.24. The molecule has 4 unspecified atom stereocenters. The highest BCUT2D eigenvalue weighted by Crippen LogP contribution is 2.05. The molecule has 1 rings (SSSR count). The molecule has 0 spiro atoms. The largest absolute Gasteiger partial charge is 0.480 e. The van der Waals surface area contributed by atoms with Crippen LogP contribution >= 0.6 is 0 Å². The summed E-state index contributed by atoms with van der Waals surface area (Å²) < 4.78 is 0. The van der Waals surface area contributed by atoms with Crippen LogP contribution in [0, 0.1) is 0 Å². The highest BCUT2D eigenvalue weighted by molar-refractivity contribution is 5.94. The van der Waals surface area contributed by atoms with Gasteiger partial charge in [-0.1, -0.05) is 0 Å². The van der Waals surface area contributed by atoms with Crippen molar-refractivity contribution in [2.75, 3.05) is 6.54 Å². The molecule has 12 nitrogen and oxygen atoms in total. The van der Waals surface area contributed by atoms with E-state index in [4.69, 9.17) is 16.6 Å². The van der Waals surface area contributed by atoms with E-state index in [1.807, 2.05) is 0 Å². The Bertz CT molecular complexity index is 708. The fraction of sp³-hybridized carbons (Fsp3) is 0.611. The van der Waals surface area contributed by atoms with Gasteiger partial charge in [-0.25, -0.2) is 4.98 Å². The Morgan fingerprint density at radius 2 is 1.70 bits per heavy atom. The minimum atomic E-state index is -1.20. The number of carboxylic acids is 1. The molecule has 0 saturated heterocycles. The number of carboxylic acid groups (broad SMARTS) is 1. The summed E-state index contributed by atoms with van der Waals surface area (Å²) in [6.45, 7) is 3.22. The van der Waals surface area contributed by atoms with E-state index in [1.165, 1.54) is 26.4 Å². The molecule has 30 heavy (non-hydrogen) atoms. The van der Waals surface area contributed by atoms with Crippen molar-refractivity contribution in [3.8, 4) is 0 Å². The quantitative estimate of drug-likeness (QED) is 0.175. The highest BCUT2D eigenvalue weighted by Gasteiger charge is 2.29. The Balaban J connectivity index is 2.93.